The van der Waals surface area contributed by atoms with Gasteiger partial charge in [-0.15, -0.1) is 0 Å². The summed E-state index contributed by atoms with van der Waals surface area (Å²) < 4.78 is 0. The Balaban J connectivity index is 2.15. The van der Waals surface area contributed by atoms with E-state index in [4.69, 9.17) is 0 Å². The summed E-state index contributed by atoms with van der Waals surface area (Å²) in [5.41, 5.74) is 0. The lowest BCUT2D eigenvalue weighted by Crippen LogP contribution is -2.18. The summed E-state index contributed by atoms with van der Waals surface area (Å²) >= 11 is 0. The molecular formula is C9H19NO. The largest absolute Gasteiger partial charge is 0.391 e. The zero-order valence-electron chi connectivity index (χ0n) is 7.51. The summed E-state index contributed by atoms with van der Waals surface area (Å²) in [6.45, 7) is 6.26. The molecule has 2 N–H and O–H groups in total. The van der Waals surface area contributed by atoms with E-state index < -0.39 is 0 Å². The third-order valence-electron chi connectivity index (χ3n) is 2.42. The molecule has 11 heavy (non-hydrogen) atoms. The second-order valence-electron chi connectivity index (χ2n) is 3.96. The predicted octanol–water partition coefficient (Wildman–Crippen LogP) is 1.00. The van der Waals surface area contributed by atoms with Gasteiger partial charge in [0.05, 0.1) is 6.10 Å². The molecule has 1 aliphatic heterocycles. The van der Waals surface area contributed by atoms with Crippen LogP contribution in [-0.2, 0) is 0 Å². The monoisotopic (exact) mass is 157 g/mol. The van der Waals surface area contributed by atoms with E-state index in [1.807, 2.05) is 0 Å². The summed E-state index contributed by atoms with van der Waals surface area (Å²) in [7, 11) is 0. The van der Waals surface area contributed by atoms with Crippen molar-refractivity contribution >= 4 is 0 Å². The summed E-state index contributed by atoms with van der Waals surface area (Å²) in [5, 5.41) is 12.6. The van der Waals surface area contributed by atoms with Gasteiger partial charge in [-0.2, -0.15) is 0 Å². The van der Waals surface area contributed by atoms with E-state index in [1.54, 1.807) is 0 Å². The fraction of sp³-hybridized carbons (Fsp3) is 1.00. The normalized spacial score (nSPS) is 31.6. The van der Waals surface area contributed by atoms with Crippen LogP contribution in [0.15, 0.2) is 0 Å². The number of nitrogens with one attached hydrogen (secondary N) is 1. The van der Waals surface area contributed by atoms with Crippen LogP contribution in [0, 0.1) is 11.8 Å². The molecular weight excluding hydrogens is 138 g/mol. The van der Waals surface area contributed by atoms with Gasteiger partial charge in [-0.25, -0.2) is 0 Å². The maximum Gasteiger partial charge on any atom is 0.0704 e. The smallest absolute Gasteiger partial charge is 0.0704 e. The molecule has 1 aliphatic rings. The Bertz CT molecular complexity index is 114. The van der Waals surface area contributed by atoms with Gasteiger partial charge in [-0.1, -0.05) is 20.3 Å². The van der Waals surface area contributed by atoms with Crippen LogP contribution in [0.1, 0.15) is 26.7 Å². The van der Waals surface area contributed by atoms with Gasteiger partial charge < -0.3 is 10.4 Å². The molecule has 0 unspecified atom stereocenters. The van der Waals surface area contributed by atoms with Gasteiger partial charge in [0.2, 0.25) is 0 Å². The Morgan fingerprint density at radius 1 is 1.45 bits per heavy atom. The number of aliphatic hydroxyl groups excluding tert-OH is 1. The van der Waals surface area contributed by atoms with E-state index >= 15 is 0 Å². The zero-order chi connectivity index (χ0) is 8.27. The first-order valence-corrected chi connectivity index (χ1v) is 4.59. The van der Waals surface area contributed by atoms with Gasteiger partial charge in [0.1, 0.15) is 0 Å². The molecule has 1 fully saturated rings. The van der Waals surface area contributed by atoms with Gasteiger partial charge in [-0.3, -0.25) is 0 Å². The van der Waals surface area contributed by atoms with E-state index in [9.17, 15) is 5.11 Å². The van der Waals surface area contributed by atoms with Crippen LogP contribution in [0.25, 0.3) is 0 Å². The maximum atomic E-state index is 9.44. The first-order chi connectivity index (χ1) is 5.20. The molecule has 2 nitrogen and oxygen atoms in total. The van der Waals surface area contributed by atoms with Crippen LogP contribution < -0.4 is 5.32 Å². The first-order valence-electron chi connectivity index (χ1n) is 4.59. The summed E-state index contributed by atoms with van der Waals surface area (Å²) in [4.78, 5) is 0. The van der Waals surface area contributed by atoms with Gasteiger partial charge in [-0.05, 0) is 18.3 Å². The van der Waals surface area contributed by atoms with Crippen LogP contribution in [0.5, 0.6) is 0 Å². The quantitative estimate of drug-likeness (QED) is 0.640. The number of β-amino-alcohol motifs (C(OH)–C–C–N with tert-alkyl or cyclic N) is 1. The van der Waals surface area contributed by atoms with E-state index in [2.05, 4.69) is 19.2 Å². The number of hydrogen-bond donors (Lipinski definition) is 2. The Morgan fingerprint density at radius 3 is 2.64 bits per heavy atom. The van der Waals surface area contributed by atoms with Crippen LogP contribution in [-0.4, -0.2) is 24.3 Å². The van der Waals surface area contributed by atoms with Crippen molar-refractivity contribution in [3.63, 3.8) is 0 Å². The van der Waals surface area contributed by atoms with Gasteiger partial charge in [0.25, 0.3) is 0 Å². The van der Waals surface area contributed by atoms with Crippen molar-refractivity contribution in [3.8, 4) is 0 Å². The third kappa shape index (κ3) is 2.80. The lowest BCUT2D eigenvalue weighted by Gasteiger charge is -2.13. The molecule has 2 atom stereocenters. The highest BCUT2D eigenvalue weighted by Crippen LogP contribution is 2.18. The highest BCUT2D eigenvalue weighted by atomic mass is 16.3. The highest BCUT2D eigenvalue weighted by molar-refractivity contribution is 4.80. The molecule has 0 aromatic carbocycles. The maximum absolute atomic E-state index is 9.44. The molecule has 2 heteroatoms. The van der Waals surface area contributed by atoms with Crippen LogP contribution in [0.4, 0.5) is 0 Å². The fourth-order valence-corrected chi connectivity index (χ4v) is 1.56. The Morgan fingerprint density at radius 2 is 2.18 bits per heavy atom. The van der Waals surface area contributed by atoms with Crippen LogP contribution >= 0.6 is 0 Å². The minimum absolute atomic E-state index is 0.0891. The fourth-order valence-electron chi connectivity index (χ4n) is 1.56. The Hall–Kier alpha value is -0.0800. The van der Waals surface area contributed by atoms with Crippen molar-refractivity contribution in [2.75, 3.05) is 13.1 Å². The van der Waals surface area contributed by atoms with Crippen molar-refractivity contribution in [1.29, 1.82) is 0 Å². The lowest BCUT2D eigenvalue weighted by molar-refractivity contribution is 0.139. The third-order valence-corrected chi connectivity index (χ3v) is 2.42. The SMILES string of the molecule is CC(C)CC[C@@H]1CNC[C@H]1O. The van der Waals surface area contributed by atoms with Gasteiger partial charge >= 0.3 is 0 Å². The number of aliphatic hydroxyl groups is 1. The van der Waals surface area contributed by atoms with Crippen molar-refractivity contribution in [2.24, 2.45) is 11.8 Å². The van der Waals surface area contributed by atoms with E-state index in [0.29, 0.717) is 5.92 Å². The zero-order valence-corrected chi connectivity index (χ0v) is 7.51. The molecule has 0 aromatic rings. The molecule has 0 saturated carbocycles. The summed E-state index contributed by atoms with van der Waals surface area (Å²) in [5.74, 6) is 1.28. The molecule has 1 heterocycles. The van der Waals surface area contributed by atoms with Crippen molar-refractivity contribution in [1.82, 2.24) is 5.32 Å². The predicted molar refractivity (Wildman–Crippen MR) is 46.4 cm³/mol. The van der Waals surface area contributed by atoms with Crippen molar-refractivity contribution < 1.29 is 5.11 Å². The molecule has 1 rings (SSSR count). The molecule has 0 aromatic heterocycles. The molecule has 0 spiro atoms. The lowest BCUT2D eigenvalue weighted by atomic mass is 9.96. The molecule has 0 bridgehead atoms. The van der Waals surface area contributed by atoms with Gasteiger partial charge in [0, 0.05) is 13.1 Å². The van der Waals surface area contributed by atoms with E-state index in [0.717, 1.165) is 19.0 Å². The van der Waals surface area contributed by atoms with Gasteiger partial charge in [0.15, 0.2) is 0 Å². The van der Waals surface area contributed by atoms with E-state index in [1.165, 1.54) is 12.8 Å². The molecule has 0 radical (unpaired) electrons. The second kappa shape index (κ2) is 4.07. The summed E-state index contributed by atoms with van der Waals surface area (Å²) in [6.07, 6.45) is 2.32. The Kier molecular flexibility index (Phi) is 3.34. The molecule has 0 amide bonds. The number of rotatable bonds is 3. The molecule has 66 valence electrons. The second-order valence-corrected chi connectivity index (χ2v) is 3.96. The standard InChI is InChI=1S/C9H19NO/c1-7(2)3-4-8-5-10-6-9(8)11/h7-11H,3-6H2,1-2H3/t8-,9-/m1/s1. The highest BCUT2D eigenvalue weighted by Gasteiger charge is 2.24. The molecule has 1 saturated heterocycles. The van der Waals surface area contributed by atoms with E-state index in [-0.39, 0.29) is 6.10 Å². The average Bonchev–Trinajstić information content (AvgIpc) is 2.31. The van der Waals surface area contributed by atoms with Crippen LogP contribution in [0.2, 0.25) is 0 Å². The minimum atomic E-state index is -0.0891. The molecule has 0 aliphatic carbocycles. The van der Waals surface area contributed by atoms with Crippen molar-refractivity contribution in [3.05, 3.63) is 0 Å². The van der Waals surface area contributed by atoms with Crippen LogP contribution in [0.3, 0.4) is 0 Å². The first kappa shape index (κ1) is 9.01. The Labute approximate surface area is 69.0 Å². The summed E-state index contributed by atoms with van der Waals surface area (Å²) in [6, 6.07) is 0. The van der Waals surface area contributed by atoms with Crippen molar-refractivity contribution in [2.45, 2.75) is 32.8 Å². The minimum Gasteiger partial charge on any atom is -0.391 e. The average molecular weight is 157 g/mol. The number of hydrogen-bond acceptors (Lipinski definition) is 2. The topological polar surface area (TPSA) is 32.3 Å².